The lowest BCUT2D eigenvalue weighted by molar-refractivity contribution is 0.215. The van der Waals surface area contributed by atoms with Crippen molar-refractivity contribution >= 4 is 9.84 Å². The molecule has 2 rings (SSSR count). The molecule has 0 radical (unpaired) electrons. The topological polar surface area (TPSA) is 55.4 Å². The maximum absolute atomic E-state index is 11.5. The van der Waals surface area contributed by atoms with Crippen LogP contribution in [0.3, 0.4) is 0 Å². The third-order valence-corrected chi connectivity index (χ3v) is 4.39. The molecule has 1 heterocycles. The summed E-state index contributed by atoms with van der Waals surface area (Å²) in [5.41, 5.74) is 1.03. The minimum atomic E-state index is -3.15. The van der Waals surface area contributed by atoms with E-state index in [2.05, 4.69) is 18.3 Å². The van der Waals surface area contributed by atoms with E-state index in [0.29, 0.717) is 4.90 Å². The molecular formula is C15H21NO3S. The third-order valence-electron chi connectivity index (χ3n) is 3.26. The van der Waals surface area contributed by atoms with Crippen molar-refractivity contribution in [1.29, 1.82) is 0 Å². The molecule has 0 aromatic heterocycles. The summed E-state index contributed by atoms with van der Waals surface area (Å²) in [6.07, 6.45) is 5.28. The molecule has 0 bridgehead atoms. The van der Waals surface area contributed by atoms with E-state index in [1.807, 2.05) is 12.1 Å². The van der Waals surface area contributed by atoms with Crippen LogP contribution in [0.1, 0.15) is 31.4 Å². The van der Waals surface area contributed by atoms with Crippen molar-refractivity contribution in [2.75, 3.05) is 19.4 Å². The van der Waals surface area contributed by atoms with Gasteiger partial charge in [-0.25, -0.2) is 8.42 Å². The number of nitrogens with one attached hydrogen (secondary N) is 1. The summed E-state index contributed by atoms with van der Waals surface area (Å²) in [4.78, 5) is 0.344. The van der Waals surface area contributed by atoms with Crippen LogP contribution in [-0.4, -0.2) is 27.8 Å². The highest BCUT2D eigenvalue weighted by molar-refractivity contribution is 7.90. The van der Waals surface area contributed by atoms with Crippen LogP contribution >= 0.6 is 0 Å². The monoisotopic (exact) mass is 295 g/mol. The Kier molecular flexibility index (Phi) is 4.83. The van der Waals surface area contributed by atoms with Gasteiger partial charge in [0.25, 0.3) is 0 Å². The second-order valence-electron chi connectivity index (χ2n) is 4.97. The Bertz CT molecular complexity index is 576. The van der Waals surface area contributed by atoms with Gasteiger partial charge in [0.05, 0.1) is 17.5 Å². The van der Waals surface area contributed by atoms with Crippen molar-refractivity contribution < 1.29 is 13.2 Å². The van der Waals surface area contributed by atoms with E-state index in [1.54, 1.807) is 12.1 Å². The number of benzene rings is 1. The fraction of sp³-hybridized carbons (Fsp3) is 0.467. The van der Waals surface area contributed by atoms with Crippen molar-refractivity contribution in [3.05, 3.63) is 41.7 Å². The molecule has 0 saturated heterocycles. The van der Waals surface area contributed by atoms with Gasteiger partial charge in [0.1, 0.15) is 5.76 Å². The first kappa shape index (κ1) is 15.1. The van der Waals surface area contributed by atoms with Crippen LogP contribution in [0, 0.1) is 0 Å². The minimum Gasteiger partial charge on any atom is -0.496 e. The summed E-state index contributed by atoms with van der Waals surface area (Å²) < 4.78 is 28.6. The molecule has 1 aromatic carbocycles. The molecule has 0 spiro atoms. The van der Waals surface area contributed by atoms with Crippen LogP contribution < -0.4 is 5.32 Å². The highest BCUT2D eigenvalue weighted by atomic mass is 32.2. The van der Waals surface area contributed by atoms with E-state index < -0.39 is 9.84 Å². The van der Waals surface area contributed by atoms with Crippen LogP contribution in [0.4, 0.5) is 0 Å². The predicted octanol–water partition coefficient (Wildman–Crippen LogP) is 2.44. The van der Waals surface area contributed by atoms with Gasteiger partial charge in [0.2, 0.25) is 0 Å². The number of ether oxygens (including phenoxy) is 1. The molecule has 20 heavy (non-hydrogen) atoms. The maximum atomic E-state index is 11.5. The van der Waals surface area contributed by atoms with E-state index in [4.69, 9.17) is 4.74 Å². The number of hydrogen-bond donors (Lipinski definition) is 1. The lowest BCUT2D eigenvalue weighted by Gasteiger charge is -2.20. The zero-order valence-corrected chi connectivity index (χ0v) is 12.7. The Morgan fingerprint density at radius 3 is 2.50 bits per heavy atom. The van der Waals surface area contributed by atoms with Crippen molar-refractivity contribution in [3.63, 3.8) is 0 Å². The van der Waals surface area contributed by atoms with Crippen molar-refractivity contribution in [2.24, 2.45) is 0 Å². The molecule has 110 valence electrons. The minimum absolute atomic E-state index is 0.00561. The highest BCUT2D eigenvalue weighted by Gasteiger charge is 2.20. The van der Waals surface area contributed by atoms with Crippen LogP contribution in [0.25, 0.3) is 0 Å². The summed E-state index contributed by atoms with van der Waals surface area (Å²) >= 11 is 0. The first-order chi connectivity index (χ1) is 9.52. The lowest BCUT2D eigenvalue weighted by Crippen LogP contribution is -2.24. The van der Waals surface area contributed by atoms with E-state index in [0.717, 1.165) is 37.3 Å². The van der Waals surface area contributed by atoms with Crippen LogP contribution in [-0.2, 0) is 14.6 Å². The van der Waals surface area contributed by atoms with Crippen LogP contribution in [0.15, 0.2) is 41.0 Å². The fourth-order valence-electron chi connectivity index (χ4n) is 2.22. The second-order valence-corrected chi connectivity index (χ2v) is 6.99. The number of rotatable bonds is 6. The molecule has 1 aliphatic rings. The average molecular weight is 295 g/mol. The molecule has 0 amide bonds. The third kappa shape index (κ3) is 3.61. The van der Waals surface area contributed by atoms with Crippen molar-refractivity contribution in [3.8, 4) is 0 Å². The van der Waals surface area contributed by atoms with Gasteiger partial charge >= 0.3 is 0 Å². The Labute approximate surface area is 120 Å². The average Bonchev–Trinajstić information content (AvgIpc) is 2.93. The molecule has 0 saturated carbocycles. The molecule has 1 atom stereocenters. The van der Waals surface area contributed by atoms with Gasteiger partial charge < -0.3 is 10.1 Å². The zero-order chi connectivity index (χ0) is 14.6. The largest absolute Gasteiger partial charge is 0.496 e. The summed E-state index contributed by atoms with van der Waals surface area (Å²) in [5, 5.41) is 3.44. The first-order valence-electron chi connectivity index (χ1n) is 6.88. The molecule has 1 N–H and O–H groups in total. The lowest BCUT2D eigenvalue weighted by atomic mass is 10.0. The Morgan fingerprint density at radius 1 is 1.30 bits per heavy atom. The summed E-state index contributed by atoms with van der Waals surface area (Å²) in [6, 6.07) is 7.02. The molecule has 5 heteroatoms. The van der Waals surface area contributed by atoms with Crippen LogP contribution in [0.5, 0.6) is 0 Å². The first-order valence-corrected chi connectivity index (χ1v) is 8.77. The standard InChI is InChI=1S/C15H21NO3S/c1-3-10-16-15(14-5-4-11-19-14)12-6-8-13(9-7-12)20(2,17)18/h5-9,15-16H,3-4,10-11H2,1-2H3. The maximum Gasteiger partial charge on any atom is 0.175 e. The number of sulfone groups is 1. The van der Waals surface area contributed by atoms with Gasteiger partial charge in [0, 0.05) is 12.7 Å². The van der Waals surface area contributed by atoms with E-state index in [-0.39, 0.29) is 6.04 Å². The van der Waals surface area contributed by atoms with E-state index >= 15 is 0 Å². The molecule has 1 unspecified atom stereocenters. The quantitative estimate of drug-likeness (QED) is 0.876. The molecular weight excluding hydrogens is 274 g/mol. The van der Waals surface area contributed by atoms with Gasteiger partial charge in [-0.15, -0.1) is 0 Å². The van der Waals surface area contributed by atoms with Gasteiger partial charge in [0.15, 0.2) is 9.84 Å². The molecule has 4 nitrogen and oxygen atoms in total. The van der Waals surface area contributed by atoms with Gasteiger partial charge in [-0.3, -0.25) is 0 Å². The Hall–Kier alpha value is -1.33. The Balaban J connectivity index is 2.24. The molecule has 0 aliphatic carbocycles. The van der Waals surface area contributed by atoms with Crippen LogP contribution in [0.2, 0.25) is 0 Å². The highest BCUT2D eigenvalue weighted by Crippen LogP contribution is 2.27. The second kappa shape index (κ2) is 6.41. The van der Waals surface area contributed by atoms with Gasteiger partial charge in [-0.2, -0.15) is 0 Å². The zero-order valence-electron chi connectivity index (χ0n) is 11.9. The van der Waals surface area contributed by atoms with Gasteiger partial charge in [-0.1, -0.05) is 19.1 Å². The van der Waals surface area contributed by atoms with E-state index in [1.165, 1.54) is 6.26 Å². The van der Waals surface area contributed by atoms with E-state index in [9.17, 15) is 8.42 Å². The number of hydrogen-bond acceptors (Lipinski definition) is 4. The SMILES string of the molecule is CCCNC(C1=CCCO1)c1ccc(S(C)(=O)=O)cc1. The van der Waals surface area contributed by atoms with Crippen molar-refractivity contribution in [2.45, 2.75) is 30.7 Å². The van der Waals surface area contributed by atoms with Crippen molar-refractivity contribution in [1.82, 2.24) is 5.32 Å². The fourth-order valence-corrected chi connectivity index (χ4v) is 2.85. The normalized spacial score (nSPS) is 16.6. The summed E-state index contributed by atoms with van der Waals surface area (Å²) in [6.45, 7) is 3.72. The Morgan fingerprint density at radius 2 is 2.00 bits per heavy atom. The summed E-state index contributed by atoms with van der Waals surface area (Å²) in [7, 11) is -3.15. The molecule has 1 aliphatic heterocycles. The summed E-state index contributed by atoms with van der Waals surface area (Å²) in [5.74, 6) is 0.936. The molecule has 1 aromatic rings. The smallest absolute Gasteiger partial charge is 0.175 e. The molecule has 0 fully saturated rings. The predicted molar refractivity (Wildman–Crippen MR) is 79.2 cm³/mol. The van der Waals surface area contributed by atoms with Gasteiger partial charge in [-0.05, 0) is 36.7 Å².